The molecule has 0 bridgehead atoms. The van der Waals surface area contributed by atoms with E-state index in [0.717, 1.165) is 4.90 Å². The Morgan fingerprint density at radius 2 is 2.00 bits per heavy atom. The number of nitrogens with one attached hydrogen (secondary N) is 1. The third kappa shape index (κ3) is 2.34. The smallest absolute Gasteiger partial charge is 0.277 e. The van der Waals surface area contributed by atoms with Gasteiger partial charge in [0.1, 0.15) is 0 Å². The molecule has 0 aliphatic carbocycles. The van der Waals surface area contributed by atoms with Crippen LogP contribution in [0.3, 0.4) is 0 Å². The summed E-state index contributed by atoms with van der Waals surface area (Å²) in [6.07, 6.45) is 0.641. The molecule has 7 heavy (non-hydrogen) atoms. The average Bonchev–Trinajstić information content (AvgIpc) is 1.65. The predicted molar refractivity (Wildman–Crippen MR) is 28.1 cm³/mol. The van der Waals surface area contributed by atoms with E-state index >= 15 is 0 Å². The van der Waals surface area contributed by atoms with E-state index in [4.69, 9.17) is 0 Å². The molecule has 2 nitrogen and oxygen atoms in total. The molecule has 0 spiro atoms. The molecular weight excluding hydrogens is 90.1 g/mol. The Balaban J connectivity index is 3.35. The van der Waals surface area contributed by atoms with Crippen molar-refractivity contribution in [3.8, 4) is 0 Å². The van der Waals surface area contributed by atoms with Gasteiger partial charge in [-0.25, -0.2) is 4.79 Å². The summed E-state index contributed by atoms with van der Waals surface area (Å²) in [7, 11) is 3.68. The highest BCUT2D eigenvalue weighted by atomic mass is 16.2. The zero-order valence-corrected chi connectivity index (χ0v) is 5.12. The maximum absolute atomic E-state index is 10.5. The molecule has 0 aromatic carbocycles. The van der Waals surface area contributed by atoms with Gasteiger partial charge < -0.3 is 0 Å². The number of hydrogen-bond donors (Lipinski definition) is 1. The van der Waals surface area contributed by atoms with Crippen molar-refractivity contribution in [1.29, 1.82) is 0 Å². The van der Waals surface area contributed by atoms with Gasteiger partial charge in [-0.05, 0) is 0 Å². The summed E-state index contributed by atoms with van der Waals surface area (Å²) in [4.78, 5) is 11.4. The lowest BCUT2D eigenvalue weighted by Gasteiger charge is -1.98. The molecule has 0 fully saturated rings. The van der Waals surface area contributed by atoms with Crippen molar-refractivity contribution in [2.24, 2.45) is 0 Å². The van der Waals surface area contributed by atoms with Gasteiger partial charge in [-0.15, -0.1) is 0 Å². The zero-order chi connectivity index (χ0) is 5.86. The lowest BCUT2D eigenvalue weighted by molar-refractivity contribution is -0.775. The van der Waals surface area contributed by atoms with Crippen LogP contribution in [-0.4, -0.2) is 20.0 Å². The molecule has 1 N–H and O–H groups in total. The van der Waals surface area contributed by atoms with Crippen LogP contribution in [-0.2, 0) is 4.79 Å². The normalized spacial score (nSPS) is 9.71. The van der Waals surface area contributed by atoms with Crippen LogP contribution in [0, 0.1) is 0 Å². The van der Waals surface area contributed by atoms with Crippen LogP contribution in [0.15, 0.2) is 0 Å². The Labute approximate surface area is 44.1 Å². The Hall–Kier alpha value is -0.370. The van der Waals surface area contributed by atoms with Crippen LogP contribution in [0.2, 0.25) is 0 Å². The molecular formula is C5H12NO+. The Bertz CT molecular complexity index is 68.5. The number of rotatable bonds is 1. The van der Waals surface area contributed by atoms with E-state index in [2.05, 4.69) is 0 Å². The van der Waals surface area contributed by atoms with Crippen molar-refractivity contribution in [3.05, 3.63) is 0 Å². The SMILES string of the molecule is CCC(=O)[NH+](C)C. The molecule has 42 valence electrons. The number of carbonyl (C=O) groups excluding carboxylic acids is 1. The minimum absolute atomic E-state index is 0.264. The highest BCUT2D eigenvalue weighted by molar-refractivity contribution is 5.65. The van der Waals surface area contributed by atoms with Crippen molar-refractivity contribution < 1.29 is 9.69 Å². The van der Waals surface area contributed by atoms with Gasteiger partial charge in [0.2, 0.25) is 0 Å². The molecule has 0 rings (SSSR count). The second-order valence-electron chi connectivity index (χ2n) is 1.78. The van der Waals surface area contributed by atoms with E-state index in [0.29, 0.717) is 6.42 Å². The number of amides is 1. The van der Waals surface area contributed by atoms with E-state index in [-0.39, 0.29) is 5.91 Å². The molecule has 0 saturated heterocycles. The van der Waals surface area contributed by atoms with Gasteiger partial charge in [-0.1, -0.05) is 6.92 Å². The van der Waals surface area contributed by atoms with Gasteiger partial charge in [0, 0.05) is 0 Å². The number of quaternary nitrogens is 1. The molecule has 0 saturated carbocycles. The first-order valence-corrected chi connectivity index (χ1v) is 2.51. The maximum atomic E-state index is 10.5. The Morgan fingerprint density at radius 1 is 1.57 bits per heavy atom. The van der Waals surface area contributed by atoms with Gasteiger partial charge in [0.05, 0.1) is 20.5 Å². The lowest BCUT2D eigenvalue weighted by atomic mass is 10.4. The van der Waals surface area contributed by atoms with E-state index in [1.54, 1.807) is 0 Å². The maximum Gasteiger partial charge on any atom is 0.311 e. The fourth-order valence-corrected chi connectivity index (χ4v) is 0.354. The molecule has 0 radical (unpaired) electrons. The van der Waals surface area contributed by atoms with Crippen LogP contribution >= 0.6 is 0 Å². The second-order valence-corrected chi connectivity index (χ2v) is 1.78. The van der Waals surface area contributed by atoms with Crippen LogP contribution in [0.5, 0.6) is 0 Å². The van der Waals surface area contributed by atoms with Gasteiger partial charge in [0.15, 0.2) is 0 Å². The molecule has 0 aliphatic rings. The Morgan fingerprint density at radius 3 is 2.00 bits per heavy atom. The second kappa shape index (κ2) is 2.75. The highest BCUT2D eigenvalue weighted by Gasteiger charge is 2.01. The molecule has 0 atom stereocenters. The molecule has 0 heterocycles. The zero-order valence-electron chi connectivity index (χ0n) is 5.12. The van der Waals surface area contributed by atoms with Crippen molar-refractivity contribution in [3.63, 3.8) is 0 Å². The van der Waals surface area contributed by atoms with E-state index in [1.165, 1.54) is 0 Å². The van der Waals surface area contributed by atoms with Crippen molar-refractivity contribution in [1.82, 2.24) is 0 Å². The first kappa shape index (κ1) is 6.63. The van der Waals surface area contributed by atoms with Gasteiger partial charge in [-0.3, -0.25) is 4.90 Å². The lowest BCUT2D eigenvalue weighted by Crippen LogP contribution is -3.08. The summed E-state index contributed by atoms with van der Waals surface area (Å²) >= 11 is 0. The fourth-order valence-electron chi connectivity index (χ4n) is 0.354. The van der Waals surface area contributed by atoms with Crippen molar-refractivity contribution in [2.75, 3.05) is 14.1 Å². The third-order valence-corrected chi connectivity index (χ3v) is 0.879. The van der Waals surface area contributed by atoms with Crippen LogP contribution < -0.4 is 4.90 Å². The molecule has 0 unspecified atom stereocenters. The minimum atomic E-state index is 0.264. The summed E-state index contributed by atoms with van der Waals surface area (Å²) in [5, 5.41) is 0. The van der Waals surface area contributed by atoms with E-state index in [9.17, 15) is 4.79 Å². The largest absolute Gasteiger partial charge is 0.311 e. The quantitative estimate of drug-likeness (QED) is 0.453. The van der Waals surface area contributed by atoms with Crippen LogP contribution in [0.4, 0.5) is 0 Å². The van der Waals surface area contributed by atoms with E-state index in [1.807, 2.05) is 21.0 Å². The summed E-state index contributed by atoms with van der Waals surface area (Å²) < 4.78 is 0. The summed E-state index contributed by atoms with van der Waals surface area (Å²) in [6.45, 7) is 1.87. The molecule has 0 aromatic heterocycles. The average molecular weight is 102 g/mol. The van der Waals surface area contributed by atoms with Crippen LogP contribution in [0.25, 0.3) is 0 Å². The predicted octanol–water partition coefficient (Wildman–Crippen LogP) is -0.932. The Kier molecular flexibility index (Phi) is 2.60. The van der Waals surface area contributed by atoms with Crippen LogP contribution in [0.1, 0.15) is 13.3 Å². The summed E-state index contributed by atoms with van der Waals surface area (Å²) in [5.41, 5.74) is 0. The molecule has 0 aromatic rings. The topological polar surface area (TPSA) is 21.5 Å². The standard InChI is InChI=1S/C5H11NO/c1-4-5(7)6(2)3/h4H2,1-3H3/p+1. The van der Waals surface area contributed by atoms with E-state index < -0.39 is 0 Å². The number of carbonyl (C=O) groups is 1. The number of hydrogen-bond acceptors (Lipinski definition) is 1. The molecule has 2 heteroatoms. The summed E-state index contributed by atoms with van der Waals surface area (Å²) in [5.74, 6) is 0.264. The molecule has 0 aliphatic heterocycles. The van der Waals surface area contributed by atoms with Gasteiger partial charge in [0.25, 0.3) is 0 Å². The van der Waals surface area contributed by atoms with Crippen molar-refractivity contribution >= 4 is 5.91 Å². The fraction of sp³-hybridized carbons (Fsp3) is 0.800. The highest BCUT2D eigenvalue weighted by Crippen LogP contribution is 1.63. The molecule has 1 amide bonds. The monoisotopic (exact) mass is 102 g/mol. The first-order valence-electron chi connectivity index (χ1n) is 2.51. The minimum Gasteiger partial charge on any atom is -0.277 e. The third-order valence-electron chi connectivity index (χ3n) is 0.879. The van der Waals surface area contributed by atoms with Crippen molar-refractivity contribution in [2.45, 2.75) is 13.3 Å². The van der Waals surface area contributed by atoms with Gasteiger partial charge >= 0.3 is 5.91 Å². The van der Waals surface area contributed by atoms with Gasteiger partial charge in [-0.2, -0.15) is 0 Å². The summed E-state index contributed by atoms with van der Waals surface area (Å²) in [6, 6.07) is 0. The first-order chi connectivity index (χ1) is 3.18.